The average Bonchev–Trinajstić information content (AvgIpc) is 2.11. The second-order valence-corrected chi connectivity index (χ2v) is 3.60. The highest BCUT2D eigenvalue weighted by molar-refractivity contribution is 5.72. The molecule has 0 saturated carbocycles. The molecular weight excluding hydrogens is 166 g/mol. The van der Waals surface area contributed by atoms with Crippen LogP contribution in [0.4, 0.5) is 0 Å². The lowest BCUT2D eigenvalue weighted by Crippen LogP contribution is -2.32. The molecule has 0 heterocycles. The van der Waals surface area contributed by atoms with Gasteiger partial charge >= 0.3 is 5.97 Å². The van der Waals surface area contributed by atoms with Gasteiger partial charge in [-0.15, -0.1) is 0 Å². The Morgan fingerprint density at radius 2 is 2.08 bits per heavy atom. The molecule has 3 heteroatoms. The third kappa shape index (κ3) is 5.64. The Kier molecular flexibility index (Phi) is 6.59. The van der Waals surface area contributed by atoms with Crippen molar-refractivity contribution >= 4 is 5.97 Å². The normalized spacial score (nSPS) is 15.3. The van der Waals surface area contributed by atoms with Crippen molar-refractivity contribution in [1.82, 2.24) is 0 Å². The number of rotatable bonds is 7. The van der Waals surface area contributed by atoms with E-state index < -0.39 is 12.0 Å². The minimum atomic E-state index is -0.880. The summed E-state index contributed by atoms with van der Waals surface area (Å²) in [6.07, 6.45) is 5.09. The molecule has 0 saturated heterocycles. The van der Waals surface area contributed by atoms with E-state index in [4.69, 9.17) is 10.8 Å². The first-order valence-corrected chi connectivity index (χ1v) is 5.10. The second-order valence-electron chi connectivity index (χ2n) is 3.60. The van der Waals surface area contributed by atoms with E-state index >= 15 is 0 Å². The lowest BCUT2D eigenvalue weighted by atomic mass is 9.92. The lowest BCUT2D eigenvalue weighted by Gasteiger charge is -2.16. The maximum absolute atomic E-state index is 10.5. The summed E-state index contributed by atoms with van der Waals surface area (Å²) in [7, 11) is 0. The van der Waals surface area contributed by atoms with Gasteiger partial charge in [0.2, 0.25) is 0 Å². The van der Waals surface area contributed by atoms with Gasteiger partial charge in [-0.1, -0.05) is 39.5 Å². The minimum absolute atomic E-state index is 0.478. The van der Waals surface area contributed by atoms with Gasteiger partial charge < -0.3 is 10.8 Å². The van der Waals surface area contributed by atoms with Crippen molar-refractivity contribution in [3.63, 3.8) is 0 Å². The van der Waals surface area contributed by atoms with Crippen molar-refractivity contribution < 1.29 is 9.90 Å². The third-order valence-corrected chi connectivity index (χ3v) is 2.45. The molecule has 0 rings (SSSR count). The molecule has 0 aromatic carbocycles. The van der Waals surface area contributed by atoms with Crippen molar-refractivity contribution in [3.05, 3.63) is 0 Å². The number of unbranched alkanes of at least 4 members (excludes halogenated alkanes) is 1. The number of carboxylic acids is 1. The molecule has 0 aromatic heterocycles. The van der Waals surface area contributed by atoms with E-state index in [1.54, 1.807) is 0 Å². The topological polar surface area (TPSA) is 63.3 Å². The lowest BCUT2D eigenvalue weighted by molar-refractivity contribution is -0.139. The monoisotopic (exact) mass is 187 g/mol. The summed E-state index contributed by atoms with van der Waals surface area (Å²) in [6, 6.07) is -0.679. The Labute approximate surface area is 80.3 Å². The fraction of sp³-hybridized carbons (Fsp3) is 0.900. The van der Waals surface area contributed by atoms with Crippen LogP contribution < -0.4 is 5.73 Å². The summed E-state index contributed by atoms with van der Waals surface area (Å²) in [5.74, 6) is -0.402. The first kappa shape index (κ1) is 12.4. The van der Waals surface area contributed by atoms with Crippen molar-refractivity contribution in [2.75, 3.05) is 0 Å². The van der Waals surface area contributed by atoms with Gasteiger partial charge in [0.15, 0.2) is 0 Å². The molecule has 3 nitrogen and oxygen atoms in total. The zero-order chi connectivity index (χ0) is 10.3. The van der Waals surface area contributed by atoms with Crippen LogP contribution in [0.1, 0.15) is 46.0 Å². The van der Waals surface area contributed by atoms with Gasteiger partial charge in [0.1, 0.15) is 6.04 Å². The van der Waals surface area contributed by atoms with Gasteiger partial charge in [-0.2, -0.15) is 0 Å². The van der Waals surface area contributed by atoms with Crippen LogP contribution in [0.2, 0.25) is 0 Å². The average molecular weight is 187 g/mol. The zero-order valence-corrected chi connectivity index (χ0v) is 8.62. The minimum Gasteiger partial charge on any atom is -0.480 e. The van der Waals surface area contributed by atoms with Gasteiger partial charge in [-0.25, -0.2) is 0 Å². The maximum atomic E-state index is 10.5. The number of carboxylic acid groups (broad SMARTS) is 1. The zero-order valence-electron chi connectivity index (χ0n) is 8.62. The van der Waals surface area contributed by atoms with Crippen LogP contribution in [0.15, 0.2) is 0 Å². The number of hydrogen-bond donors (Lipinski definition) is 2. The third-order valence-electron chi connectivity index (χ3n) is 2.45. The predicted octanol–water partition coefficient (Wildman–Crippen LogP) is 2.00. The van der Waals surface area contributed by atoms with Crippen molar-refractivity contribution in [1.29, 1.82) is 0 Å². The number of aliphatic carboxylic acids is 1. The predicted molar refractivity (Wildman–Crippen MR) is 53.5 cm³/mol. The molecular formula is C10H21NO2. The van der Waals surface area contributed by atoms with Crippen LogP contribution in [0.25, 0.3) is 0 Å². The van der Waals surface area contributed by atoms with Gasteiger partial charge in [0.05, 0.1) is 0 Å². The quantitative estimate of drug-likeness (QED) is 0.640. The SMILES string of the molecule is CCCC[C@H](CC)C[C@H](N)C(=O)O. The Balaban J connectivity index is 3.75. The number of hydrogen-bond acceptors (Lipinski definition) is 2. The van der Waals surface area contributed by atoms with E-state index in [9.17, 15) is 4.79 Å². The standard InChI is InChI=1S/C10H21NO2/c1-3-5-6-8(4-2)7-9(11)10(12)13/h8-9H,3-7,11H2,1-2H3,(H,12,13)/t8-,9-/m0/s1. The van der Waals surface area contributed by atoms with Crippen molar-refractivity contribution in [2.45, 2.75) is 52.0 Å². The first-order chi connectivity index (χ1) is 6.11. The fourth-order valence-electron chi connectivity index (χ4n) is 1.44. The Hall–Kier alpha value is -0.570. The Morgan fingerprint density at radius 1 is 1.46 bits per heavy atom. The molecule has 13 heavy (non-hydrogen) atoms. The first-order valence-electron chi connectivity index (χ1n) is 5.10. The molecule has 0 radical (unpaired) electrons. The largest absolute Gasteiger partial charge is 0.480 e. The summed E-state index contributed by atoms with van der Waals surface area (Å²) in [4.78, 5) is 10.5. The highest BCUT2D eigenvalue weighted by Gasteiger charge is 2.16. The van der Waals surface area contributed by atoms with Crippen LogP contribution >= 0.6 is 0 Å². The van der Waals surface area contributed by atoms with Crippen LogP contribution in [-0.2, 0) is 4.79 Å². The summed E-state index contributed by atoms with van der Waals surface area (Å²) < 4.78 is 0. The molecule has 0 amide bonds. The van der Waals surface area contributed by atoms with E-state index in [1.165, 1.54) is 12.8 Å². The number of carbonyl (C=O) groups is 1. The van der Waals surface area contributed by atoms with Gasteiger partial charge in [-0.3, -0.25) is 4.79 Å². The fourth-order valence-corrected chi connectivity index (χ4v) is 1.44. The summed E-state index contributed by atoms with van der Waals surface area (Å²) in [5, 5.41) is 8.63. The van der Waals surface area contributed by atoms with E-state index in [2.05, 4.69) is 13.8 Å². The van der Waals surface area contributed by atoms with Crippen LogP contribution in [0.5, 0.6) is 0 Å². The highest BCUT2D eigenvalue weighted by Crippen LogP contribution is 2.17. The molecule has 0 unspecified atom stereocenters. The summed E-state index contributed by atoms with van der Waals surface area (Å²) >= 11 is 0. The van der Waals surface area contributed by atoms with E-state index in [1.807, 2.05) is 0 Å². The van der Waals surface area contributed by atoms with E-state index in [0.29, 0.717) is 12.3 Å². The maximum Gasteiger partial charge on any atom is 0.320 e. The molecule has 0 spiro atoms. The molecule has 0 aliphatic carbocycles. The van der Waals surface area contributed by atoms with Gasteiger partial charge in [0, 0.05) is 0 Å². The van der Waals surface area contributed by atoms with E-state index in [0.717, 1.165) is 12.8 Å². The Morgan fingerprint density at radius 3 is 2.46 bits per heavy atom. The van der Waals surface area contributed by atoms with Gasteiger partial charge in [0.25, 0.3) is 0 Å². The Bertz CT molecular complexity index is 148. The highest BCUT2D eigenvalue weighted by atomic mass is 16.4. The van der Waals surface area contributed by atoms with Crippen LogP contribution in [-0.4, -0.2) is 17.1 Å². The van der Waals surface area contributed by atoms with Crippen molar-refractivity contribution in [3.8, 4) is 0 Å². The smallest absolute Gasteiger partial charge is 0.320 e. The molecule has 78 valence electrons. The molecule has 0 bridgehead atoms. The number of nitrogens with two attached hydrogens (primary N) is 1. The molecule has 2 atom stereocenters. The molecule has 0 aliphatic rings. The molecule has 0 aliphatic heterocycles. The summed E-state index contributed by atoms with van der Waals surface area (Å²) in [5.41, 5.74) is 5.47. The summed E-state index contributed by atoms with van der Waals surface area (Å²) in [6.45, 7) is 4.23. The molecule has 3 N–H and O–H groups in total. The molecule has 0 fully saturated rings. The van der Waals surface area contributed by atoms with Gasteiger partial charge in [-0.05, 0) is 12.3 Å². The second kappa shape index (κ2) is 6.89. The van der Waals surface area contributed by atoms with Crippen LogP contribution in [0, 0.1) is 5.92 Å². The van der Waals surface area contributed by atoms with Crippen LogP contribution in [0.3, 0.4) is 0 Å². The van der Waals surface area contributed by atoms with E-state index in [-0.39, 0.29) is 0 Å². The molecule has 0 aromatic rings. The van der Waals surface area contributed by atoms with Crippen molar-refractivity contribution in [2.24, 2.45) is 11.7 Å².